The molecule has 22 heavy (non-hydrogen) atoms. The lowest BCUT2D eigenvalue weighted by molar-refractivity contribution is 0.0704. The zero-order chi connectivity index (χ0) is 14.8. The number of rotatable bonds is 4. The molecule has 2 fully saturated rings. The lowest BCUT2D eigenvalue weighted by Gasteiger charge is -2.32. The number of benzene rings is 1. The van der Waals surface area contributed by atoms with Crippen LogP contribution in [-0.2, 0) is 0 Å². The fourth-order valence-corrected chi connectivity index (χ4v) is 3.27. The summed E-state index contributed by atoms with van der Waals surface area (Å²) in [6.07, 6.45) is 4.68. The van der Waals surface area contributed by atoms with Gasteiger partial charge in [-0.05, 0) is 56.3 Å². The van der Waals surface area contributed by atoms with Crippen molar-refractivity contribution in [2.24, 2.45) is 5.92 Å². The first-order chi connectivity index (χ1) is 10.1. The number of hydrogen-bond donors (Lipinski definition) is 1. The maximum Gasteiger partial charge on any atom is 0.253 e. The van der Waals surface area contributed by atoms with Gasteiger partial charge in [0.25, 0.3) is 5.91 Å². The second kappa shape index (κ2) is 7.75. The number of nitrogens with zero attached hydrogens (tertiary/aromatic N) is 1. The van der Waals surface area contributed by atoms with Crippen LogP contribution in [0.3, 0.4) is 0 Å². The lowest BCUT2D eigenvalue weighted by atomic mass is 10.0. The number of halogens is 3. The molecule has 0 radical (unpaired) electrons. The van der Waals surface area contributed by atoms with E-state index in [1.807, 2.05) is 4.90 Å². The Labute approximate surface area is 145 Å². The molecule has 1 saturated carbocycles. The standard InChI is InChI=1S/C16H20BrFN2O.ClH/c17-13-7-12(8-14(18)9-13)16(21)20-5-3-15(4-6-20)19-10-11-1-2-11;/h7-9,11,15,19H,1-6,10H2;1H. The molecule has 1 aromatic carbocycles. The van der Waals surface area contributed by atoms with Gasteiger partial charge in [-0.3, -0.25) is 4.79 Å². The molecule has 1 aliphatic heterocycles. The summed E-state index contributed by atoms with van der Waals surface area (Å²) in [6, 6.07) is 4.88. The zero-order valence-corrected chi connectivity index (χ0v) is 14.8. The first-order valence-electron chi connectivity index (χ1n) is 7.60. The molecule has 1 aliphatic carbocycles. The first kappa shape index (κ1) is 17.7. The highest BCUT2D eigenvalue weighted by molar-refractivity contribution is 9.10. The second-order valence-electron chi connectivity index (χ2n) is 6.08. The number of likely N-dealkylation sites (tertiary alicyclic amines) is 1. The van der Waals surface area contributed by atoms with Gasteiger partial charge in [0.15, 0.2) is 0 Å². The lowest BCUT2D eigenvalue weighted by Crippen LogP contribution is -2.45. The van der Waals surface area contributed by atoms with Gasteiger partial charge in [0, 0.05) is 29.2 Å². The molecule has 1 aromatic rings. The van der Waals surface area contributed by atoms with Crippen molar-refractivity contribution in [1.29, 1.82) is 0 Å². The van der Waals surface area contributed by atoms with Crippen molar-refractivity contribution in [2.75, 3.05) is 19.6 Å². The van der Waals surface area contributed by atoms with E-state index in [4.69, 9.17) is 0 Å². The molecule has 3 nitrogen and oxygen atoms in total. The van der Waals surface area contributed by atoms with Gasteiger partial charge < -0.3 is 10.2 Å². The first-order valence-corrected chi connectivity index (χ1v) is 8.40. The van der Waals surface area contributed by atoms with E-state index in [2.05, 4.69) is 21.2 Å². The molecule has 1 heterocycles. The smallest absolute Gasteiger partial charge is 0.253 e. The van der Waals surface area contributed by atoms with Gasteiger partial charge in [-0.1, -0.05) is 15.9 Å². The zero-order valence-electron chi connectivity index (χ0n) is 12.4. The van der Waals surface area contributed by atoms with Crippen LogP contribution >= 0.6 is 28.3 Å². The van der Waals surface area contributed by atoms with Crippen LogP contribution in [-0.4, -0.2) is 36.5 Å². The van der Waals surface area contributed by atoms with Crippen molar-refractivity contribution in [3.05, 3.63) is 34.1 Å². The highest BCUT2D eigenvalue weighted by Crippen LogP contribution is 2.28. The van der Waals surface area contributed by atoms with E-state index < -0.39 is 0 Å². The number of hydrogen-bond acceptors (Lipinski definition) is 2. The van der Waals surface area contributed by atoms with Crippen molar-refractivity contribution in [3.8, 4) is 0 Å². The third-order valence-corrected chi connectivity index (χ3v) is 4.74. The minimum Gasteiger partial charge on any atom is -0.339 e. The molecular weight excluding hydrogens is 371 g/mol. The van der Waals surface area contributed by atoms with Crippen molar-refractivity contribution in [2.45, 2.75) is 31.7 Å². The topological polar surface area (TPSA) is 32.3 Å². The van der Waals surface area contributed by atoms with E-state index in [0.29, 0.717) is 16.1 Å². The van der Waals surface area contributed by atoms with Gasteiger partial charge in [0.05, 0.1) is 0 Å². The van der Waals surface area contributed by atoms with E-state index in [9.17, 15) is 9.18 Å². The molecule has 0 aromatic heterocycles. The summed E-state index contributed by atoms with van der Waals surface area (Å²) in [5, 5.41) is 3.60. The summed E-state index contributed by atoms with van der Waals surface area (Å²) in [6.45, 7) is 2.61. The molecule has 3 rings (SSSR count). The number of carbonyl (C=O) groups is 1. The summed E-state index contributed by atoms with van der Waals surface area (Å²) in [7, 11) is 0. The fourth-order valence-electron chi connectivity index (χ4n) is 2.80. The Bertz CT molecular complexity index is 511. The molecule has 0 spiro atoms. The van der Waals surface area contributed by atoms with Crippen molar-refractivity contribution in [3.63, 3.8) is 0 Å². The SMILES string of the molecule is Cl.O=C(c1cc(F)cc(Br)c1)N1CCC(NCC2CC2)CC1. The average molecular weight is 392 g/mol. The van der Waals surface area contributed by atoms with Gasteiger partial charge in [0.1, 0.15) is 5.82 Å². The average Bonchev–Trinajstić information content (AvgIpc) is 3.28. The van der Waals surface area contributed by atoms with Crippen molar-refractivity contribution in [1.82, 2.24) is 10.2 Å². The van der Waals surface area contributed by atoms with E-state index in [1.165, 1.54) is 25.0 Å². The van der Waals surface area contributed by atoms with E-state index in [-0.39, 0.29) is 24.1 Å². The highest BCUT2D eigenvalue weighted by Gasteiger charge is 2.26. The molecule has 2 aliphatic rings. The quantitative estimate of drug-likeness (QED) is 0.850. The van der Waals surface area contributed by atoms with Gasteiger partial charge >= 0.3 is 0 Å². The molecule has 1 N–H and O–H groups in total. The Morgan fingerprint density at radius 1 is 1.23 bits per heavy atom. The normalized spacial score (nSPS) is 18.9. The van der Waals surface area contributed by atoms with Crippen LogP contribution in [0.2, 0.25) is 0 Å². The molecule has 0 bridgehead atoms. The largest absolute Gasteiger partial charge is 0.339 e. The minimum absolute atomic E-state index is 0. The summed E-state index contributed by atoms with van der Waals surface area (Å²) in [5.74, 6) is 0.429. The third-order valence-electron chi connectivity index (χ3n) is 4.28. The number of carbonyl (C=O) groups excluding carboxylic acids is 1. The number of amides is 1. The van der Waals surface area contributed by atoms with E-state index in [0.717, 1.165) is 38.4 Å². The van der Waals surface area contributed by atoms with Gasteiger partial charge in [-0.15, -0.1) is 12.4 Å². The highest BCUT2D eigenvalue weighted by atomic mass is 79.9. The van der Waals surface area contributed by atoms with Crippen LogP contribution in [0.4, 0.5) is 4.39 Å². The Morgan fingerprint density at radius 3 is 2.50 bits per heavy atom. The van der Waals surface area contributed by atoms with Gasteiger partial charge in [0.2, 0.25) is 0 Å². The maximum atomic E-state index is 13.4. The fraction of sp³-hybridized carbons (Fsp3) is 0.562. The van der Waals surface area contributed by atoms with Crippen molar-refractivity contribution < 1.29 is 9.18 Å². The van der Waals surface area contributed by atoms with Crippen LogP contribution in [0, 0.1) is 11.7 Å². The molecule has 6 heteroatoms. The Kier molecular flexibility index (Phi) is 6.24. The van der Waals surface area contributed by atoms with Gasteiger partial charge in [-0.2, -0.15) is 0 Å². The minimum atomic E-state index is -0.381. The third kappa shape index (κ3) is 4.67. The summed E-state index contributed by atoms with van der Waals surface area (Å²) < 4.78 is 14.0. The Hall–Kier alpha value is -0.650. The van der Waals surface area contributed by atoms with Crippen molar-refractivity contribution >= 4 is 34.2 Å². The van der Waals surface area contributed by atoms with Crippen LogP contribution in [0.15, 0.2) is 22.7 Å². The Morgan fingerprint density at radius 2 is 1.91 bits per heavy atom. The molecule has 0 atom stereocenters. The van der Waals surface area contributed by atoms with Crippen LogP contribution < -0.4 is 5.32 Å². The Balaban J connectivity index is 0.00000176. The van der Waals surface area contributed by atoms with E-state index in [1.54, 1.807) is 6.07 Å². The summed E-state index contributed by atoms with van der Waals surface area (Å²) >= 11 is 3.23. The monoisotopic (exact) mass is 390 g/mol. The molecule has 1 saturated heterocycles. The molecule has 1 amide bonds. The predicted octanol–water partition coefficient (Wildman–Crippen LogP) is 3.61. The maximum absolute atomic E-state index is 13.4. The van der Waals surface area contributed by atoms with Gasteiger partial charge in [-0.25, -0.2) is 4.39 Å². The predicted molar refractivity (Wildman–Crippen MR) is 91.0 cm³/mol. The number of piperidine rings is 1. The molecule has 0 unspecified atom stereocenters. The van der Waals surface area contributed by atoms with Crippen LogP contribution in [0.5, 0.6) is 0 Å². The molecular formula is C16H21BrClFN2O. The van der Waals surface area contributed by atoms with Crippen LogP contribution in [0.1, 0.15) is 36.0 Å². The summed E-state index contributed by atoms with van der Waals surface area (Å²) in [4.78, 5) is 14.2. The number of nitrogens with one attached hydrogen (secondary N) is 1. The second-order valence-corrected chi connectivity index (χ2v) is 6.99. The summed E-state index contributed by atoms with van der Waals surface area (Å²) in [5.41, 5.74) is 0.422. The van der Waals surface area contributed by atoms with Crippen LogP contribution in [0.25, 0.3) is 0 Å². The van der Waals surface area contributed by atoms with E-state index >= 15 is 0 Å². The molecule has 122 valence electrons.